The maximum absolute atomic E-state index is 12.9. The Bertz CT molecular complexity index is 1060. The van der Waals surface area contributed by atoms with Crippen molar-refractivity contribution in [1.82, 2.24) is 4.31 Å². The van der Waals surface area contributed by atoms with Gasteiger partial charge in [0, 0.05) is 23.8 Å². The van der Waals surface area contributed by atoms with Gasteiger partial charge in [0.2, 0.25) is 10.0 Å². The lowest BCUT2D eigenvalue weighted by Crippen LogP contribution is -2.32. The van der Waals surface area contributed by atoms with Gasteiger partial charge < -0.3 is 10.1 Å². The molecule has 0 unspecified atom stereocenters. The Kier molecular flexibility index (Phi) is 7.69. The fourth-order valence-electron chi connectivity index (χ4n) is 3.34. The van der Waals surface area contributed by atoms with E-state index in [1.54, 1.807) is 18.2 Å². The quantitative estimate of drug-likeness (QED) is 0.652. The van der Waals surface area contributed by atoms with Crippen molar-refractivity contribution in [3.8, 4) is 0 Å². The maximum atomic E-state index is 12.9. The monoisotopic (exact) mass is 464 g/mol. The molecule has 1 saturated heterocycles. The molecule has 1 amide bonds. The Morgan fingerprint density at radius 1 is 1.06 bits per heavy atom. The number of sulfonamides is 1. The number of nitrogens with zero attached hydrogens (tertiary/aromatic N) is 1. The molecule has 0 spiro atoms. The summed E-state index contributed by atoms with van der Waals surface area (Å²) in [4.78, 5) is 24.6. The average molecular weight is 465 g/mol. The number of hydrogen-bond acceptors (Lipinski definition) is 5. The summed E-state index contributed by atoms with van der Waals surface area (Å²) in [6, 6.07) is 10.8. The largest absolute Gasteiger partial charge is 0.452 e. The second kappa shape index (κ2) is 10.3. The van der Waals surface area contributed by atoms with Gasteiger partial charge in [-0.1, -0.05) is 36.6 Å². The van der Waals surface area contributed by atoms with Crippen LogP contribution in [-0.4, -0.2) is 44.3 Å². The molecule has 1 fully saturated rings. The normalized spacial score (nSPS) is 15.2. The van der Waals surface area contributed by atoms with Crippen LogP contribution in [0.3, 0.4) is 0 Å². The Hall–Kier alpha value is -2.42. The van der Waals surface area contributed by atoms with Crippen molar-refractivity contribution in [2.75, 3.05) is 25.0 Å². The summed E-state index contributed by atoms with van der Waals surface area (Å²) in [5.41, 5.74) is 1.41. The molecule has 0 aliphatic carbocycles. The predicted octanol–water partition coefficient (Wildman–Crippen LogP) is 4.01. The molecule has 166 valence electrons. The zero-order chi connectivity index (χ0) is 22.4. The van der Waals surface area contributed by atoms with E-state index >= 15 is 0 Å². The summed E-state index contributed by atoms with van der Waals surface area (Å²) in [6.45, 7) is 2.25. The number of ether oxygens (including phenoxy) is 1. The number of aryl methyl sites for hydroxylation is 1. The summed E-state index contributed by atoms with van der Waals surface area (Å²) in [5, 5.41) is 3.11. The molecule has 31 heavy (non-hydrogen) atoms. The van der Waals surface area contributed by atoms with Gasteiger partial charge in [-0.15, -0.1) is 0 Å². The molecule has 2 aromatic carbocycles. The van der Waals surface area contributed by atoms with Crippen LogP contribution < -0.4 is 5.32 Å². The molecular weight excluding hydrogens is 440 g/mol. The molecule has 9 heteroatoms. The number of hydrogen-bond donors (Lipinski definition) is 1. The van der Waals surface area contributed by atoms with Crippen molar-refractivity contribution in [2.45, 2.75) is 37.5 Å². The van der Waals surface area contributed by atoms with E-state index in [9.17, 15) is 18.0 Å². The van der Waals surface area contributed by atoms with Crippen LogP contribution in [0.2, 0.25) is 5.02 Å². The highest BCUT2D eigenvalue weighted by Crippen LogP contribution is 2.22. The third kappa shape index (κ3) is 6.06. The SMILES string of the molecule is Cc1ccc(Cl)cc1NC(=O)COC(=O)c1cccc(S(=O)(=O)N2CCCCCC2)c1. The van der Waals surface area contributed by atoms with E-state index in [2.05, 4.69) is 5.32 Å². The smallest absolute Gasteiger partial charge is 0.338 e. The second-order valence-electron chi connectivity index (χ2n) is 7.43. The Labute approximate surface area is 187 Å². The summed E-state index contributed by atoms with van der Waals surface area (Å²) < 4.78 is 32.4. The summed E-state index contributed by atoms with van der Waals surface area (Å²) in [7, 11) is -3.69. The maximum Gasteiger partial charge on any atom is 0.338 e. The number of anilines is 1. The van der Waals surface area contributed by atoms with Crippen molar-refractivity contribution in [3.63, 3.8) is 0 Å². The lowest BCUT2D eigenvalue weighted by atomic mass is 10.2. The molecule has 0 atom stereocenters. The van der Waals surface area contributed by atoms with E-state index in [0.29, 0.717) is 23.8 Å². The van der Waals surface area contributed by atoms with Gasteiger partial charge in [0.05, 0.1) is 10.5 Å². The molecule has 7 nitrogen and oxygen atoms in total. The predicted molar refractivity (Wildman–Crippen MR) is 119 cm³/mol. The molecule has 0 bridgehead atoms. The minimum Gasteiger partial charge on any atom is -0.452 e. The highest BCUT2D eigenvalue weighted by atomic mass is 35.5. The van der Waals surface area contributed by atoms with Gasteiger partial charge in [0.25, 0.3) is 5.91 Å². The molecule has 1 N–H and O–H groups in total. The Morgan fingerprint density at radius 2 is 1.77 bits per heavy atom. The number of rotatable bonds is 6. The molecule has 0 saturated carbocycles. The molecule has 0 radical (unpaired) electrons. The van der Waals surface area contributed by atoms with Crippen LogP contribution >= 0.6 is 11.6 Å². The fraction of sp³-hybridized carbons (Fsp3) is 0.364. The van der Waals surface area contributed by atoms with E-state index in [-0.39, 0.29) is 10.5 Å². The first-order valence-electron chi connectivity index (χ1n) is 10.1. The highest BCUT2D eigenvalue weighted by molar-refractivity contribution is 7.89. The molecule has 0 aromatic heterocycles. The fourth-order valence-corrected chi connectivity index (χ4v) is 5.08. The zero-order valence-corrected chi connectivity index (χ0v) is 18.8. The zero-order valence-electron chi connectivity index (χ0n) is 17.3. The van der Waals surface area contributed by atoms with Crippen LogP contribution in [0.15, 0.2) is 47.4 Å². The average Bonchev–Trinajstić information content (AvgIpc) is 3.05. The molecule has 3 rings (SSSR count). The van der Waals surface area contributed by atoms with Gasteiger partial charge >= 0.3 is 5.97 Å². The highest BCUT2D eigenvalue weighted by Gasteiger charge is 2.26. The first-order chi connectivity index (χ1) is 14.8. The number of esters is 1. The summed E-state index contributed by atoms with van der Waals surface area (Å²) in [6.07, 6.45) is 3.66. The summed E-state index contributed by atoms with van der Waals surface area (Å²) in [5.74, 6) is -1.29. The van der Waals surface area contributed by atoms with Crippen molar-refractivity contribution < 1.29 is 22.7 Å². The second-order valence-corrected chi connectivity index (χ2v) is 9.80. The van der Waals surface area contributed by atoms with E-state index in [1.807, 2.05) is 6.92 Å². The van der Waals surface area contributed by atoms with Crippen molar-refractivity contribution in [3.05, 3.63) is 58.6 Å². The molecule has 1 aliphatic rings. The lowest BCUT2D eigenvalue weighted by molar-refractivity contribution is -0.119. The first-order valence-corrected chi connectivity index (χ1v) is 11.9. The minimum atomic E-state index is -3.69. The van der Waals surface area contributed by atoms with E-state index in [4.69, 9.17) is 16.3 Å². The summed E-state index contributed by atoms with van der Waals surface area (Å²) >= 11 is 5.94. The van der Waals surface area contributed by atoms with Crippen LogP contribution in [0.5, 0.6) is 0 Å². The van der Waals surface area contributed by atoms with Crippen molar-refractivity contribution >= 4 is 39.2 Å². The lowest BCUT2D eigenvalue weighted by Gasteiger charge is -2.20. The number of nitrogens with one attached hydrogen (secondary N) is 1. The standard InChI is InChI=1S/C22H25ClN2O5S/c1-16-9-10-18(23)14-20(16)24-21(26)15-30-22(27)17-7-6-8-19(13-17)31(28,29)25-11-4-2-3-5-12-25/h6-10,13-14H,2-5,11-12,15H2,1H3,(H,24,26). The number of carbonyl (C=O) groups is 2. The molecule has 2 aromatic rings. The number of carbonyl (C=O) groups excluding carboxylic acids is 2. The van der Waals surface area contributed by atoms with Crippen LogP contribution in [0.1, 0.15) is 41.6 Å². The van der Waals surface area contributed by atoms with Gasteiger partial charge in [0.15, 0.2) is 6.61 Å². The third-order valence-corrected chi connectivity index (χ3v) is 7.21. The van der Waals surface area contributed by atoms with Gasteiger partial charge in [-0.2, -0.15) is 4.31 Å². The van der Waals surface area contributed by atoms with Gasteiger partial charge in [-0.3, -0.25) is 4.79 Å². The number of halogens is 1. The van der Waals surface area contributed by atoms with E-state index in [0.717, 1.165) is 31.2 Å². The van der Waals surface area contributed by atoms with Crippen molar-refractivity contribution in [2.24, 2.45) is 0 Å². The topological polar surface area (TPSA) is 92.8 Å². The molecular formula is C22H25ClN2O5S. The molecule has 1 heterocycles. The Morgan fingerprint density at radius 3 is 2.48 bits per heavy atom. The van der Waals surface area contributed by atoms with Crippen LogP contribution in [0.4, 0.5) is 5.69 Å². The van der Waals surface area contributed by atoms with Crippen LogP contribution in [0.25, 0.3) is 0 Å². The van der Waals surface area contributed by atoms with Gasteiger partial charge in [-0.05, 0) is 55.7 Å². The van der Waals surface area contributed by atoms with Gasteiger partial charge in [-0.25, -0.2) is 13.2 Å². The third-order valence-electron chi connectivity index (χ3n) is 5.08. The Balaban J connectivity index is 1.64. The van der Waals surface area contributed by atoms with E-state index in [1.165, 1.54) is 28.6 Å². The van der Waals surface area contributed by atoms with Crippen LogP contribution in [0, 0.1) is 6.92 Å². The molecule has 1 aliphatic heterocycles. The van der Waals surface area contributed by atoms with Crippen molar-refractivity contribution in [1.29, 1.82) is 0 Å². The van der Waals surface area contributed by atoms with Crippen LogP contribution in [-0.2, 0) is 19.6 Å². The van der Waals surface area contributed by atoms with Gasteiger partial charge in [0.1, 0.15) is 0 Å². The number of benzene rings is 2. The van der Waals surface area contributed by atoms with E-state index < -0.39 is 28.5 Å². The minimum absolute atomic E-state index is 0.0443. The first kappa shape index (κ1) is 23.2. The number of amides is 1.